The van der Waals surface area contributed by atoms with E-state index in [2.05, 4.69) is 88.0 Å². The molecule has 0 bridgehead atoms. The molecule has 48 heavy (non-hydrogen) atoms. The molecule has 2 atom stereocenters. The number of ether oxygens (including phenoxy) is 3. The Morgan fingerprint density at radius 1 is 0.917 bits per heavy atom. The maximum atomic E-state index is 13.4. The van der Waals surface area contributed by atoms with E-state index in [0.717, 1.165) is 29.5 Å². The van der Waals surface area contributed by atoms with Crippen LogP contribution in [0.25, 0.3) is 0 Å². The molecule has 3 aromatic carbocycles. The van der Waals surface area contributed by atoms with Gasteiger partial charge in [-0.25, -0.2) is 4.79 Å². The molecule has 0 fully saturated rings. The van der Waals surface area contributed by atoms with Gasteiger partial charge in [-0.05, 0) is 90.7 Å². The molecule has 7 nitrogen and oxygen atoms in total. The Morgan fingerprint density at radius 2 is 1.48 bits per heavy atom. The summed E-state index contributed by atoms with van der Waals surface area (Å²) in [5.41, 5.74) is 2.10. The number of amides is 1. The first kappa shape index (κ1) is 37.2. The molecule has 1 N–H and O–H groups in total. The highest BCUT2D eigenvalue weighted by atomic mass is 28.4. The first-order valence-corrected chi connectivity index (χ1v) is 19.0. The zero-order valence-corrected chi connectivity index (χ0v) is 31.2. The molecule has 8 heteroatoms. The number of unbranched alkanes of at least 4 members (excludes halogenated alkanes) is 1. The topological polar surface area (TPSA) is 77.5 Å². The van der Waals surface area contributed by atoms with E-state index in [0.29, 0.717) is 43.9 Å². The van der Waals surface area contributed by atoms with E-state index >= 15 is 0 Å². The van der Waals surface area contributed by atoms with Crippen molar-refractivity contribution in [2.24, 2.45) is 0 Å². The van der Waals surface area contributed by atoms with Crippen molar-refractivity contribution < 1.29 is 28.5 Å². The number of benzene rings is 3. The molecule has 0 spiro atoms. The largest absolute Gasteiger partial charge is 0.493 e. The summed E-state index contributed by atoms with van der Waals surface area (Å²) < 4.78 is 24.0. The highest BCUT2D eigenvalue weighted by molar-refractivity contribution is 6.99. The van der Waals surface area contributed by atoms with Crippen molar-refractivity contribution >= 4 is 24.8 Å². The van der Waals surface area contributed by atoms with Gasteiger partial charge in [-0.2, -0.15) is 0 Å². The van der Waals surface area contributed by atoms with Crippen molar-refractivity contribution in [3.8, 4) is 11.5 Å². The molecule has 4 rings (SSSR count). The zero-order valence-electron chi connectivity index (χ0n) is 30.2. The highest BCUT2D eigenvalue weighted by Gasteiger charge is 2.50. The van der Waals surface area contributed by atoms with E-state index in [1.165, 1.54) is 10.4 Å². The minimum atomic E-state index is -2.60. The van der Waals surface area contributed by atoms with Crippen molar-refractivity contribution in [1.82, 2.24) is 4.90 Å². The van der Waals surface area contributed by atoms with Gasteiger partial charge in [0, 0.05) is 19.6 Å². The fraction of sp³-hybridized carbons (Fsp3) is 0.475. The summed E-state index contributed by atoms with van der Waals surface area (Å²) in [5, 5.41) is 13.9. The number of carbonyl (C=O) groups is 1. The third kappa shape index (κ3) is 8.51. The summed E-state index contributed by atoms with van der Waals surface area (Å²) in [6.07, 6.45) is 2.07. The second-order valence-corrected chi connectivity index (χ2v) is 19.0. The van der Waals surface area contributed by atoms with Crippen LogP contribution in [0.1, 0.15) is 84.4 Å². The van der Waals surface area contributed by atoms with Crippen LogP contribution in [0.15, 0.2) is 84.9 Å². The zero-order chi connectivity index (χ0) is 35.1. The number of fused-ring (bicyclic) bond motifs is 1. The fourth-order valence-electron chi connectivity index (χ4n) is 6.81. The Morgan fingerprint density at radius 3 is 2.00 bits per heavy atom. The van der Waals surface area contributed by atoms with Crippen LogP contribution < -0.4 is 19.8 Å². The number of methoxy groups -OCH3 is 2. The molecule has 0 saturated carbocycles. The van der Waals surface area contributed by atoms with Gasteiger partial charge >= 0.3 is 6.09 Å². The molecular formula is C40H55NO6Si. The normalized spacial score (nSPS) is 15.8. The van der Waals surface area contributed by atoms with E-state index in [4.69, 9.17) is 18.6 Å². The van der Waals surface area contributed by atoms with Crippen LogP contribution in [-0.4, -0.2) is 63.5 Å². The Labute approximate surface area is 289 Å². The van der Waals surface area contributed by atoms with Gasteiger partial charge in [0.1, 0.15) is 5.60 Å². The van der Waals surface area contributed by atoms with E-state index in [-0.39, 0.29) is 5.04 Å². The van der Waals surface area contributed by atoms with Crippen LogP contribution in [0.4, 0.5) is 4.79 Å². The van der Waals surface area contributed by atoms with Crippen molar-refractivity contribution in [3.63, 3.8) is 0 Å². The Bertz CT molecular complexity index is 1470. The van der Waals surface area contributed by atoms with Gasteiger partial charge in [0.25, 0.3) is 8.32 Å². The quantitative estimate of drug-likeness (QED) is 0.115. The molecule has 260 valence electrons. The van der Waals surface area contributed by atoms with Gasteiger partial charge in [0.2, 0.25) is 0 Å². The molecule has 0 saturated heterocycles. The lowest BCUT2D eigenvalue weighted by Crippen LogP contribution is -2.66. The average molecular weight is 674 g/mol. The maximum absolute atomic E-state index is 13.4. The van der Waals surface area contributed by atoms with E-state index in [1.54, 1.807) is 19.1 Å². The predicted molar refractivity (Wildman–Crippen MR) is 196 cm³/mol. The molecule has 1 aliphatic heterocycles. The first-order chi connectivity index (χ1) is 22.7. The third-order valence-electron chi connectivity index (χ3n) is 9.18. The summed E-state index contributed by atoms with van der Waals surface area (Å²) in [6.45, 7) is 17.8. The van der Waals surface area contributed by atoms with Crippen LogP contribution in [0.5, 0.6) is 11.5 Å². The number of hydrogen-bond donors (Lipinski definition) is 1. The molecular weight excluding hydrogens is 619 g/mol. The number of aliphatic hydroxyl groups excluding tert-OH is 1. The molecule has 3 aromatic rings. The van der Waals surface area contributed by atoms with Crippen molar-refractivity contribution in [2.45, 2.75) is 96.4 Å². The van der Waals surface area contributed by atoms with Crippen LogP contribution in [0.2, 0.25) is 5.04 Å². The lowest BCUT2D eigenvalue weighted by atomic mass is 9.87. The van der Waals surface area contributed by atoms with E-state index < -0.39 is 32.2 Å². The SMILES string of the molecule is C=C(CCCCO[Si](c1ccccc1)(c1ccccc1)C(C)(C)C)C(O)C[C@@H]1c2cc(OC)c(OC)cc2CCN1C(=O)OC(C)(C)C. The number of rotatable bonds is 13. The minimum absolute atomic E-state index is 0.0848. The van der Waals surface area contributed by atoms with Crippen molar-refractivity contribution in [2.75, 3.05) is 27.4 Å². The summed E-state index contributed by atoms with van der Waals surface area (Å²) in [7, 11) is 0.613. The molecule has 0 radical (unpaired) electrons. The summed E-state index contributed by atoms with van der Waals surface area (Å²) in [6, 6.07) is 24.8. The first-order valence-electron chi connectivity index (χ1n) is 17.1. The van der Waals surface area contributed by atoms with Crippen LogP contribution >= 0.6 is 0 Å². The molecule has 0 aromatic heterocycles. The molecule has 1 unspecified atom stereocenters. The van der Waals surface area contributed by atoms with E-state index in [1.807, 2.05) is 32.9 Å². The van der Waals surface area contributed by atoms with Gasteiger partial charge < -0.3 is 28.6 Å². The summed E-state index contributed by atoms with van der Waals surface area (Å²) in [5.74, 6) is 1.23. The maximum Gasteiger partial charge on any atom is 0.410 e. The third-order valence-corrected chi connectivity index (χ3v) is 14.2. The van der Waals surface area contributed by atoms with Crippen LogP contribution in [0.3, 0.4) is 0 Å². The van der Waals surface area contributed by atoms with E-state index in [9.17, 15) is 9.90 Å². The highest BCUT2D eigenvalue weighted by Crippen LogP contribution is 2.41. The predicted octanol–water partition coefficient (Wildman–Crippen LogP) is 7.59. The lowest BCUT2D eigenvalue weighted by molar-refractivity contribution is 0.00899. The van der Waals surface area contributed by atoms with Crippen LogP contribution in [-0.2, 0) is 15.6 Å². The second-order valence-electron chi connectivity index (χ2n) is 14.7. The van der Waals surface area contributed by atoms with Gasteiger partial charge in [-0.3, -0.25) is 0 Å². The average Bonchev–Trinajstić information content (AvgIpc) is 3.05. The molecule has 1 heterocycles. The van der Waals surface area contributed by atoms with Gasteiger partial charge in [0.15, 0.2) is 11.5 Å². The number of nitrogens with zero attached hydrogens (tertiary/aromatic N) is 1. The number of hydrogen-bond acceptors (Lipinski definition) is 6. The van der Waals surface area contributed by atoms with Gasteiger partial charge in [-0.1, -0.05) is 88.0 Å². The minimum Gasteiger partial charge on any atom is -0.493 e. The number of aliphatic hydroxyl groups is 1. The molecule has 1 amide bonds. The monoisotopic (exact) mass is 673 g/mol. The standard InChI is InChI=1S/C40H55NO6Si/c1-29(18-16-17-25-46-48(40(5,6)7,31-19-12-10-13-20-31)32-21-14-11-15-22-32)35(42)28-34-33-27-37(45-9)36(44-8)26-30(33)23-24-41(34)38(43)47-39(2,3)4/h10-15,19-22,26-27,34-35,42H,1,16-18,23-25,28H2,2-9H3/t34-,35?/m1/s1. The summed E-state index contributed by atoms with van der Waals surface area (Å²) in [4.78, 5) is 15.1. The number of carbonyl (C=O) groups excluding carboxylic acids is 1. The van der Waals surface area contributed by atoms with Crippen LogP contribution in [0, 0.1) is 0 Å². The Kier molecular flexibility index (Phi) is 12.2. The van der Waals surface area contributed by atoms with Crippen molar-refractivity contribution in [3.05, 3.63) is 96.1 Å². The molecule has 0 aliphatic carbocycles. The smallest absolute Gasteiger partial charge is 0.410 e. The van der Waals surface area contributed by atoms with Crippen molar-refractivity contribution in [1.29, 1.82) is 0 Å². The Hall–Kier alpha value is -3.59. The lowest BCUT2D eigenvalue weighted by Gasteiger charge is -2.43. The second kappa shape index (κ2) is 15.7. The Balaban J connectivity index is 1.46. The van der Waals surface area contributed by atoms with Gasteiger partial charge in [0.05, 0.1) is 26.4 Å². The summed E-state index contributed by atoms with van der Waals surface area (Å²) >= 11 is 0. The fourth-order valence-corrected chi connectivity index (χ4v) is 11.4. The van der Waals surface area contributed by atoms with Gasteiger partial charge in [-0.15, -0.1) is 0 Å². The molecule has 1 aliphatic rings.